The quantitative estimate of drug-likeness (QED) is 0.413. The molecule has 2 aromatic carbocycles. The first kappa shape index (κ1) is 10.8. The lowest BCUT2D eigenvalue weighted by Crippen LogP contribution is -1.81. The van der Waals surface area contributed by atoms with Gasteiger partial charge < -0.3 is 0 Å². The Morgan fingerprint density at radius 1 is 0.579 bits per heavy atom. The van der Waals surface area contributed by atoms with Crippen molar-refractivity contribution in [1.82, 2.24) is 0 Å². The van der Waals surface area contributed by atoms with Crippen LogP contribution in [0.25, 0.3) is 32.3 Å². The smallest absolute Gasteiger partial charge is 0.0348 e. The molecule has 1 heterocycles. The molecule has 19 heavy (non-hydrogen) atoms. The number of rotatable bonds is 1. The van der Waals surface area contributed by atoms with Crippen LogP contribution in [0.3, 0.4) is 0 Å². The van der Waals surface area contributed by atoms with E-state index >= 15 is 0 Å². The van der Waals surface area contributed by atoms with Gasteiger partial charge in [0.25, 0.3) is 0 Å². The Balaban J connectivity index is 2.05. The van der Waals surface area contributed by atoms with Crippen molar-refractivity contribution in [2.24, 2.45) is 0 Å². The molecule has 1 aliphatic carbocycles. The van der Waals surface area contributed by atoms with Gasteiger partial charge in [0.2, 0.25) is 0 Å². The fourth-order valence-electron chi connectivity index (χ4n) is 2.69. The number of hydrogen-bond acceptors (Lipinski definition) is 1. The molecule has 90 valence electrons. The Morgan fingerprint density at radius 3 is 2.42 bits per heavy atom. The Bertz CT molecular complexity index is 821. The topological polar surface area (TPSA) is 0 Å². The van der Waals surface area contributed by atoms with Gasteiger partial charge in [0, 0.05) is 4.88 Å². The minimum atomic E-state index is 1.30. The molecule has 1 aliphatic heterocycles. The van der Waals surface area contributed by atoms with Gasteiger partial charge in [-0.1, -0.05) is 60.7 Å². The summed E-state index contributed by atoms with van der Waals surface area (Å²) in [7, 11) is 0. The van der Waals surface area contributed by atoms with Gasteiger partial charge in [0.05, 0.1) is 0 Å². The van der Waals surface area contributed by atoms with Crippen molar-refractivity contribution in [2.75, 3.05) is 0 Å². The maximum absolute atomic E-state index is 2.24. The third kappa shape index (κ3) is 1.66. The van der Waals surface area contributed by atoms with E-state index in [1.165, 1.54) is 32.3 Å². The molecule has 1 heteroatoms. The zero-order chi connectivity index (χ0) is 12.7. The lowest BCUT2D eigenvalue weighted by Gasteiger charge is -2.07. The number of benzene rings is 2. The normalized spacial score (nSPS) is 11.2. The molecule has 0 nitrogen and oxygen atoms in total. The van der Waals surface area contributed by atoms with Crippen molar-refractivity contribution in [1.29, 1.82) is 0 Å². The van der Waals surface area contributed by atoms with E-state index in [1.807, 2.05) is 0 Å². The Kier molecular flexibility index (Phi) is 2.39. The maximum atomic E-state index is 2.24. The van der Waals surface area contributed by atoms with Crippen LogP contribution in [0.15, 0.2) is 72.1 Å². The van der Waals surface area contributed by atoms with Crippen LogP contribution in [0.2, 0.25) is 0 Å². The van der Waals surface area contributed by atoms with Crippen LogP contribution in [0.1, 0.15) is 0 Å². The molecule has 0 radical (unpaired) electrons. The van der Waals surface area contributed by atoms with Crippen LogP contribution in [0.4, 0.5) is 0 Å². The molecule has 2 aromatic rings. The van der Waals surface area contributed by atoms with Crippen LogP contribution in [0.5, 0.6) is 0 Å². The minimum Gasteiger partial charge on any atom is -0.144 e. The lowest BCUT2D eigenvalue weighted by molar-refractivity contribution is 1.71. The van der Waals surface area contributed by atoms with Gasteiger partial charge >= 0.3 is 0 Å². The maximum Gasteiger partial charge on any atom is 0.0348 e. The fourth-order valence-corrected chi connectivity index (χ4v) is 3.44. The van der Waals surface area contributed by atoms with Crippen molar-refractivity contribution in [3.63, 3.8) is 0 Å². The molecule has 2 aliphatic rings. The van der Waals surface area contributed by atoms with Crippen LogP contribution in [-0.4, -0.2) is 0 Å². The van der Waals surface area contributed by atoms with Crippen molar-refractivity contribution in [2.45, 2.75) is 0 Å². The monoisotopic (exact) mass is 260 g/mol. The summed E-state index contributed by atoms with van der Waals surface area (Å²) in [5.41, 5.74) is 4.01. The first-order chi connectivity index (χ1) is 9.43. The summed E-state index contributed by atoms with van der Waals surface area (Å²) in [6.45, 7) is 0. The van der Waals surface area contributed by atoms with Crippen LogP contribution in [0, 0.1) is 0 Å². The van der Waals surface area contributed by atoms with Crippen LogP contribution in [-0.2, 0) is 0 Å². The fraction of sp³-hybridized carbons (Fsp3) is 0. The van der Waals surface area contributed by atoms with Gasteiger partial charge in [-0.25, -0.2) is 0 Å². The van der Waals surface area contributed by atoms with E-state index in [9.17, 15) is 0 Å². The summed E-state index contributed by atoms with van der Waals surface area (Å²) in [4.78, 5) is 1.35. The Hall–Kier alpha value is -2.12. The summed E-state index contributed by atoms with van der Waals surface area (Å²) in [6, 6.07) is 23.9. The van der Waals surface area contributed by atoms with E-state index < -0.39 is 0 Å². The second kappa shape index (κ2) is 4.22. The molecular weight excluding hydrogens is 248 g/mol. The molecular formula is C18H12S. The third-order valence-corrected chi connectivity index (χ3v) is 4.48. The highest BCUT2D eigenvalue weighted by Gasteiger charge is 2.12. The predicted octanol–water partition coefficient (Wildman–Crippen LogP) is 5.67. The molecule has 0 saturated carbocycles. The summed E-state index contributed by atoms with van der Waals surface area (Å²) in [5, 5.41) is 4.76. The highest BCUT2D eigenvalue weighted by Crippen LogP contribution is 2.40. The molecule has 0 spiro atoms. The van der Waals surface area contributed by atoms with Gasteiger partial charge in [-0.2, -0.15) is 0 Å². The first-order valence-electron chi connectivity index (χ1n) is 6.38. The molecule has 0 unspecified atom stereocenters. The van der Waals surface area contributed by atoms with E-state index in [1.54, 1.807) is 11.3 Å². The molecule has 0 fully saturated rings. The van der Waals surface area contributed by atoms with Crippen LogP contribution < -0.4 is 0 Å². The zero-order valence-electron chi connectivity index (χ0n) is 10.3. The van der Waals surface area contributed by atoms with Gasteiger partial charge in [-0.15, -0.1) is 11.3 Å². The van der Waals surface area contributed by atoms with Crippen molar-refractivity contribution in [3.05, 3.63) is 72.1 Å². The van der Waals surface area contributed by atoms with Crippen molar-refractivity contribution in [3.8, 4) is 21.6 Å². The Morgan fingerprint density at radius 2 is 1.42 bits per heavy atom. The average Bonchev–Trinajstić information content (AvgIpc) is 2.90. The number of hydrogen-bond donors (Lipinski definition) is 0. The second-order valence-corrected chi connectivity index (χ2v) is 5.61. The van der Waals surface area contributed by atoms with Crippen molar-refractivity contribution < 1.29 is 0 Å². The average molecular weight is 260 g/mol. The van der Waals surface area contributed by atoms with E-state index in [-0.39, 0.29) is 0 Å². The second-order valence-electron chi connectivity index (χ2n) is 4.66. The van der Waals surface area contributed by atoms with Crippen LogP contribution >= 0.6 is 11.3 Å². The molecule has 4 rings (SSSR count). The number of fused-ring (bicyclic) bond motifs is 2. The largest absolute Gasteiger partial charge is 0.144 e. The van der Waals surface area contributed by atoms with Gasteiger partial charge in [-0.05, 0) is 38.9 Å². The van der Waals surface area contributed by atoms with E-state index in [2.05, 4.69) is 72.1 Å². The molecule has 0 amide bonds. The molecule has 0 saturated heterocycles. The SMILES string of the molecule is c1csc2ccc(-c3cccc4ccccc34)c-2c1. The van der Waals surface area contributed by atoms with Gasteiger partial charge in [0.1, 0.15) is 0 Å². The van der Waals surface area contributed by atoms with E-state index in [4.69, 9.17) is 0 Å². The summed E-state index contributed by atoms with van der Waals surface area (Å²) in [5.74, 6) is 0. The van der Waals surface area contributed by atoms with Gasteiger partial charge in [-0.3, -0.25) is 0 Å². The summed E-state index contributed by atoms with van der Waals surface area (Å²) in [6.07, 6.45) is 0. The highest BCUT2D eigenvalue weighted by atomic mass is 32.1. The lowest BCUT2D eigenvalue weighted by atomic mass is 9.98. The standard InChI is InChI=1S/C18H12S/c1-2-7-14-13(5-1)6-3-8-15(14)16-10-11-18-17(16)9-4-12-19-18/h1-12H. The van der Waals surface area contributed by atoms with E-state index in [0.29, 0.717) is 0 Å². The van der Waals surface area contributed by atoms with E-state index in [0.717, 1.165) is 0 Å². The molecule has 0 atom stereocenters. The first-order valence-corrected chi connectivity index (χ1v) is 7.26. The zero-order valence-corrected chi connectivity index (χ0v) is 11.2. The Labute approximate surface area is 116 Å². The molecule has 0 bridgehead atoms. The minimum absolute atomic E-state index is 1.30. The summed E-state index contributed by atoms with van der Waals surface area (Å²) >= 11 is 1.80. The van der Waals surface area contributed by atoms with Gasteiger partial charge in [0.15, 0.2) is 0 Å². The summed E-state index contributed by atoms with van der Waals surface area (Å²) < 4.78 is 0. The van der Waals surface area contributed by atoms with Crippen molar-refractivity contribution >= 4 is 22.1 Å². The molecule has 0 N–H and O–H groups in total. The predicted molar refractivity (Wildman–Crippen MR) is 83.9 cm³/mol. The highest BCUT2D eigenvalue weighted by molar-refractivity contribution is 7.13. The molecule has 0 aromatic heterocycles. The third-order valence-electron chi connectivity index (χ3n) is 3.57.